The fourth-order valence-electron chi connectivity index (χ4n) is 2.33. The minimum absolute atomic E-state index is 0.0490. The molecule has 0 bridgehead atoms. The molecule has 0 unspecified atom stereocenters. The number of ether oxygens (including phenoxy) is 2. The Kier molecular flexibility index (Phi) is 5.62. The first-order chi connectivity index (χ1) is 11.0. The summed E-state index contributed by atoms with van der Waals surface area (Å²) in [7, 11) is 0. The van der Waals surface area contributed by atoms with E-state index in [0.29, 0.717) is 12.5 Å². The normalized spacial score (nSPS) is 19.9. The molecule has 2 atom stereocenters. The van der Waals surface area contributed by atoms with Gasteiger partial charge in [0.05, 0.1) is 11.8 Å². The lowest BCUT2D eigenvalue weighted by molar-refractivity contribution is -0.156. The van der Waals surface area contributed by atoms with Gasteiger partial charge in [-0.15, -0.1) is 0 Å². The third-order valence-electron chi connectivity index (χ3n) is 3.49. The van der Waals surface area contributed by atoms with Crippen LogP contribution in [-0.2, 0) is 14.3 Å². The van der Waals surface area contributed by atoms with Crippen molar-refractivity contribution in [3.63, 3.8) is 0 Å². The van der Waals surface area contributed by atoms with E-state index < -0.39 is 35.4 Å². The minimum atomic E-state index is -0.976. The maximum atomic E-state index is 13.6. The highest BCUT2D eigenvalue weighted by atomic mass is 19.1. The van der Waals surface area contributed by atoms with Crippen LogP contribution in [0.1, 0.15) is 12.8 Å². The number of hydrogen-bond donors (Lipinski definition) is 0. The molecule has 122 valence electrons. The van der Waals surface area contributed by atoms with Gasteiger partial charge in [0, 0.05) is 6.07 Å². The number of carbonyl (C=O) groups is 2. The first-order valence-corrected chi connectivity index (χ1v) is 7.12. The molecule has 23 heavy (non-hydrogen) atoms. The van der Waals surface area contributed by atoms with Crippen molar-refractivity contribution in [2.75, 3.05) is 6.61 Å². The first kappa shape index (κ1) is 16.9. The Morgan fingerprint density at radius 1 is 1.17 bits per heavy atom. The van der Waals surface area contributed by atoms with Crippen LogP contribution in [0.4, 0.5) is 8.78 Å². The number of carbonyl (C=O) groups excluding carboxylic acids is 2. The van der Waals surface area contributed by atoms with Gasteiger partial charge in [-0.1, -0.05) is 24.8 Å². The zero-order valence-corrected chi connectivity index (χ0v) is 12.3. The third-order valence-corrected chi connectivity index (χ3v) is 3.49. The minimum Gasteiger partial charge on any atom is -0.461 e. The molecular weight excluding hydrogens is 306 g/mol. The average Bonchev–Trinajstić information content (AvgIpc) is 2.55. The number of allylic oxidation sites excluding steroid dienone is 2. The molecule has 0 amide bonds. The highest BCUT2D eigenvalue weighted by Gasteiger charge is 2.36. The Balaban J connectivity index is 2.10. The molecule has 0 radical (unpaired) electrons. The standard InChI is InChI=1S/C17H16F2O4/c1-2-9-22-16(20)12-5-3-4-6-13(12)17(21)23-15-8-7-11(18)10-14(15)19/h2-4,7-8,10,12-13H,1,5-6,9H2/t12-,13+/m1/s1. The van der Waals surface area contributed by atoms with E-state index in [4.69, 9.17) is 9.47 Å². The van der Waals surface area contributed by atoms with Gasteiger partial charge in [0.2, 0.25) is 0 Å². The Morgan fingerprint density at radius 2 is 1.83 bits per heavy atom. The van der Waals surface area contributed by atoms with Crippen molar-refractivity contribution in [3.8, 4) is 5.75 Å². The summed E-state index contributed by atoms with van der Waals surface area (Å²) in [6, 6.07) is 2.65. The highest BCUT2D eigenvalue weighted by molar-refractivity contribution is 5.84. The summed E-state index contributed by atoms with van der Waals surface area (Å²) in [6.07, 6.45) is 5.58. The molecule has 1 aromatic rings. The lowest BCUT2D eigenvalue weighted by Crippen LogP contribution is -2.35. The summed E-state index contributed by atoms with van der Waals surface area (Å²) >= 11 is 0. The first-order valence-electron chi connectivity index (χ1n) is 7.12. The van der Waals surface area contributed by atoms with Crippen molar-refractivity contribution >= 4 is 11.9 Å². The van der Waals surface area contributed by atoms with E-state index in [9.17, 15) is 18.4 Å². The molecular formula is C17H16F2O4. The summed E-state index contributed by atoms with van der Waals surface area (Å²) in [5.74, 6) is -4.87. The zero-order chi connectivity index (χ0) is 16.8. The summed E-state index contributed by atoms with van der Waals surface area (Å²) in [5, 5.41) is 0. The predicted molar refractivity (Wildman–Crippen MR) is 78.5 cm³/mol. The summed E-state index contributed by atoms with van der Waals surface area (Å²) in [4.78, 5) is 24.2. The summed E-state index contributed by atoms with van der Waals surface area (Å²) in [5.41, 5.74) is 0. The van der Waals surface area contributed by atoms with Gasteiger partial charge in [-0.2, -0.15) is 0 Å². The van der Waals surface area contributed by atoms with Crippen molar-refractivity contribution in [1.29, 1.82) is 0 Å². The average molecular weight is 322 g/mol. The monoisotopic (exact) mass is 322 g/mol. The Bertz CT molecular complexity index is 639. The molecule has 2 rings (SSSR count). The van der Waals surface area contributed by atoms with E-state index >= 15 is 0 Å². The van der Waals surface area contributed by atoms with Crippen molar-refractivity contribution in [2.24, 2.45) is 11.8 Å². The van der Waals surface area contributed by atoms with Gasteiger partial charge < -0.3 is 9.47 Å². The molecule has 6 heteroatoms. The van der Waals surface area contributed by atoms with Crippen LogP contribution in [0.15, 0.2) is 43.0 Å². The van der Waals surface area contributed by atoms with Crippen molar-refractivity contribution in [2.45, 2.75) is 12.8 Å². The van der Waals surface area contributed by atoms with Crippen LogP contribution in [-0.4, -0.2) is 18.5 Å². The molecule has 4 nitrogen and oxygen atoms in total. The van der Waals surface area contributed by atoms with Crippen molar-refractivity contribution in [3.05, 3.63) is 54.6 Å². The van der Waals surface area contributed by atoms with E-state index in [1.165, 1.54) is 6.08 Å². The molecule has 0 saturated carbocycles. The van der Waals surface area contributed by atoms with Crippen LogP contribution < -0.4 is 4.74 Å². The Hall–Kier alpha value is -2.50. The molecule has 0 aromatic heterocycles. The smallest absolute Gasteiger partial charge is 0.315 e. The van der Waals surface area contributed by atoms with Gasteiger partial charge in [0.1, 0.15) is 12.4 Å². The second-order valence-corrected chi connectivity index (χ2v) is 5.07. The van der Waals surface area contributed by atoms with Gasteiger partial charge in [-0.3, -0.25) is 9.59 Å². The summed E-state index contributed by atoms with van der Waals surface area (Å²) < 4.78 is 36.4. The van der Waals surface area contributed by atoms with Crippen LogP contribution in [0.3, 0.4) is 0 Å². The Labute approximate surface area is 132 Å². The number of hydrogen-bond acceptors (Lipinski definition) is 4. The number of rotatable bonds is 5. The van der Waals surface area contributed by atoms with Gasteiger partial charge in [-0.25, -0.2) is 8.78 Å². The van der Waals surface area contributed by atoms with Crippen LogP contribution >= 0.6 is 0 Å². The van der Waals surface area contributed by atoms with E-state index in [-0.39, 0.29) is 18.8 Å². The maximum absolute atomic E-state index is 13.6. The second-order valence-electron chi connectivity index (χ2n) is 5.07. The van der Waals surface area contributed by atoms with E-state index in [2.05, 4.69) is 6.58 Å². The SMILES string of the molecule is C=CCOC(=O)[C@@H]1CC=CC[C@@H]1C(=O)Oc1ccc(F)cc1F. The van der Waals surface area contributed by atoms with E-state index in [1.807, 2.05) is 0 Å². The molecule has 1 aromatic carbocycles. The quantitative estimate of drug-likeness (QED) is 0.475. The van der Waals surface area contributed by atoms with Gasteiger partial charge in [-0.05, 0) is 25.0 Å². The topological polar surface area (TPSA) is 52.6 Å². The molecule has 0 fully saturated rings. The van der Waals surface area contributed by atoms with Crippen LogP contribution in [0, 0.1) is 23.5 Å². The molecule has 1 aliphatic rings. The van der Waals surface area contributed by atoms with Crippen LogP contribution in [0.25, 0.3) is 0 Å². The fourth-order valence-corrected chi connectivity index (χ4v) is 2.33. The second kappa shape index (κ2) is 7.67. The Morgan fingerprint density at radius 3 is 2.43 bits per heavy atom. The van der Waals surface area contributed by atoms with Crippen LogP contribution in [0.5, 0.6) is 5.75 Å². The van der Waals surface area contributed by atoms with E-state index in [0.717, 1.165) is 12.1 Å². The molecule has 0 spiro atoms. The fraction of sp³-hybridized carbons (Fsp3) is 0.294. The maximum Gasteiger partial charge on any atom is 0.315 e. The lowest BCUT2D eigenvalue weighted by Gasteiger charge is -2.25. The zero-order valence-electron chi connectivity index (χ0n) is 12.3. The molecule has 0 N–H and O–H groups in total. The van der Waals surface area contributed by atoms with Crippen molar-refractivity contribution < 1.29 is 27.8 Å². The van der Waals surface area contributed by atoms with Crippen molar-refractivity contribution in [1.82, 2.24) is 0 Å². The number of halogens is 2. The lowest BCUT2D eigenvalue weighted by atomic mass is 9.83. The van der Waals surface area contributed by atoms with E-state index in [1.54, 1.807) is 12.2 Å². The van der Waals surface area contributed by atoms with Gasteiger partial charge >= 0.3 is 11.9 Å². The molecule has 0 aliphatic heterocycles. The third kappa shape index (κ3) is 4.25. The number of benzene rings is 1. The highest BCUT2D eigenvalue weighted by Crippen LogP contribution is 2.29. The molecule has 0 heterocycles. The molecule has 1 aliphatic carbocycles. The van der Waals surface area contributed by atoms with Gasteiger partial charge in [0.15, 0.2) is 11.6 Å². The predicted octanol–water partition coefficient (Wildman–Crippen LogP) is 3.18. The van der Waals surface area contributed by atoms with Crippen LogP contribution in [0.2, 0.25) is 0 Å². The largest absolute Gasteiger partial charge is 0.461 e. The molecule has 0 saturated heterocycles. The summed E-state index contributed by atoms with van der Waals surface area (Å²) in [6.45, 7) is 3.50. The number of esters is 2. The van der Waals surface area contributed by atoms with Gasteiger partial charge in [0.25, 0.3) is 0 Å².